The Hall–Kier alpha value is -3.26. The number of anilines is 1. The Morgan fingerprint density at radius 2 is 1.93 bits per heavy atom. The Labute approximate surface area is 161 Å². The minimum Gasteiger partial charge on any atom is -0.391 e. The molecule has 5 rings (SSSR count). The van der Waals surface area contributed by atoms with Gasteiger partial charge in [0.05, 0.1) is 12.1 Å². The quantitative estimate of drug-likeness (QED) is 0.556. The van der Waals surface area contributed by atoms with Crippen molar-refractivity contribution in [2.75, 3.05) is 5.32 Å². The summed E-state index contributed by atoms with van der Waals surface area (Å²) in [5.74, 6) is 1.96. The highest BCUT2D eigenvalue weighted by atomic mass is 16.3. The van der Waals surface area contributed by atoms with Crippen LogP contribution in [0, 0.1) is 5.92 Å². The topological polar surface area (TPSA) is 93.2 Å². The van der Waals surface area contributed by atoms with Gasteiger partial charge < -0.3 is 15.0 Å². The highest BCUT2D eigenvalue weighted by Crippen LogP contribution is 2.31. The van der Waals surface area contributed by atoms with Crippen molar-refractivity contribution >= 4 is 11.5 Å². The molecule has 0 spiro atoms. The van der Waals surface area contributed by atoms with E-state index in [2.05, 4.69) is 42.2 Å². The first-order valence-electron chi connectivity index (χ1n) is 9.43. The lowest BCUT2D eigenvalue weighted by Crippen LogP contribution is -2.28. The molecule has 4 aromatic rings. The lowest BCUT2D eigenvalue weighted by Gasteiger charge is -2.17. The standard InChI is InChI=1S/C20H21N7O/c28-17-11-14(12-26-8-7-22-19(26)15-4-2-1-3-5-15)10-16(17)24-18-20-25-23-13-27(20)9-6-21-18/h1-9,13-14,16-17,28H,10-12H2,(H,21,24)/t14?,16-,17-/m1/s1. The van der Waals surface area contributed by atoms with Crippen molar-refractivity contribution in [2.45, 2.75) is 31.5 Å². The Kier molecular flexibility index (Phi) is 4.25. The number of hydrogen-bond donors (Lipinski definition) is 2. The molecule has 8 heteroatoms. The number of imidazole rings is 1. The molecule has 1 saturated carbocycles. The van der Waals surface area contributed by atoms with Crippen LogP contribution in [-0.4, -0.2) is 46.4 Å². The largest absolute Gasteiger partial charge is 0.391 e. The molecule has 3 heterocycles. The maximum absolute atomic E-state index is 10.6. The highest BCUT2D eigenvalue weighted by molar-refractivity contribution is 5.62. The van der Waals surface area contributed by atoms with E-state index in [0.717, 1.165) is 30.8 Å². The fourth-order valence-corrected chi connectivity index (χ4v) is 4.04. The van der Waals surface area contributed by atoms with Gasteiger partial charge in [-0.15, -0.1) is 10.2 Å². The van der Waals surface area contributed by atoms with Gasteiger partial charge in [-0.2, -0.15) is 0 Å². The van der Waals surface area contributed by atoms with Gasteiger partial charge in [0, 0.05) is 36.9 Å². The van der Waals surface area contributed by atoms with E-state index in [1.165, 1.54) is 0 Å². The number of aliphatic hydroxyl groups is 1. The summed E-state index contributed by atoms with van der Waals surface area (Å²) in [5.41, 5.74) is 1.77. The fourth-order valence-electron chi connectivity index (χ4n) is 4.04. The molecule has 8 nitrogen and oxygen atoms in total. The summed E-state index contributed by atoms with van der Waals surface area (Å²) in [7, 11) is 0. The van der Waals surface area contributed by atoms with Crippen molar-refractivity contribution in [3.05, 3.63) is 61.4 Å². The van der Waals surface area contributed by atoms with Gasteiger partial charge in [0.1, 0.15) is 12.2 Å². The predicted molar refractivity (Wildman–Crippen MR) is 105 cm³/mol. The zero-order valence-electron chi connectivity index (χ0n) is 15.3. The minimum absolute atomic E-state index is 0.0657. The smallest absolute Gasteiger partial charge is 0.203 e. The van der Waals surface area contributed by atoms with Crippen LogP contribution in [0.5, 0.6) is 0 Å². The van der Waals surface area contributed by atoms with Crippen molar-refractivity contribution in [1.82, 2.24) is 29.1 Å². The Bertz CT molecular complexity index is 1070. The second kappa shape index (κ2) is 7.05. The van der Waals surface area contributed by atoms with Crippen molar-refractivity contribution in [3.8, 4) is 11.4 Å². The molecular formula is C20H21N7O. The molecular weight excluding hydrogens is 354 g/mol. The van der Waals surface area contributed by atoms with E-state index in [1.54, 1.807) is 18.7 Å². The Morgan fingerprint density at radius 1 is 1.07 bits per heavy atom. The van der Waals surface area contributed by atoms with Crippen molar-refractivity contribution in [2.24, 2.45) is 5.92 Å². The molecule has 28 heavy (non-hydrogen) atoms. The van der Waals surface area contributed by atoms with E-state index in [0.29, 0.717) is 17.4 Å². The van der Waals surface area contributed by atoms with Gasteiger partial charge in [-0.25, -0.2) is 9.97 Å². The summed E-state index contributed by atoms with van der Waals surface area (Å²) in [6.45, 7) is 0.821. The molecule has 0 bridgehead atoms. The van der Waals surface area contributed by atoms with Gasteiger partial charge >= 0.3 is 0 Å². The van der Waals surface area contributed by atoms with Gasteiger partial charge in [0.25, 0.3) is 0 Å². The molecule has 1 aromatic carbocycles. The van der Waals surface area contributed by atoms with Crippen LogP contribution in [0.2, 0.25) is 0 Å². The van der Waals surface area contributed by atoms with Crippen LogP contribution in [-0.2, 0) is 6.54 Å². The number of aliphatic hydroxyl groups excluding tert-OH is 1. The van der Waals surface area contributed by atoms with Crippen LogP contribution in [0.15, 0.2) is 61.4 Å². The minimum atomic E-state index is -0.432. The normalized spacial score (nSPS) is 22.0. The molecule has 0 aliphatic heterocycles. The molecule has 3 aromatic heterocycles. The zero-order valence-corrected chi connectivity index (χ0v) is 15.3. The van der Waals surface area contributed by atoms with Crippen LogP contribution in [0.3, 0.4) is 0 Å². The first-order chi connectivity index (χ1) is 13.8. The molecule has 142 valence electrons. The Morgan fingerprint density at radius 3 is 2.82 bits per heavy atom. The van der Waals surface area contributed by atoms with Crippen molar-refractivity contribution in [1.29, 1.82) is 0 Å². The predicted octanol–water partition coefficient (Wildman–Crippen LogP) is 2.24. The third-order valence-electron chi connectivity index (χ3n) is 5.37. The third kappa shape index (κ3) is 3.11. The lowest BCUT2D eigenvalue weighted by molar-refractivity contribution is 0.166. The average molecular weight is 375 g/mol. The number of nitrogens with zero attached hydrogens (tertiary/aromatic N) is 6. The Balaban J connectivity index is 1.31. The monoisotopic (exact) mass is 375 g/mol. The molecule has 2 N–H and O–H groups in total. The first-order valence-corrected chi connectivity index (χ1v) is 9.43. The highest BCUT2D eigenvalue weighted by Gasteiger charge is 2.34. The number of fused-ring (bicyclic) bond motifs is 1. The second-order valence-corrected chi connectivity index (χ2v) is 7.26. The summed E-state index contributed by atoms with van der Waals surface area (Å²) in [6, 6.07) is 10.1. The number of nitrogens with one attached hydrogen (secondary N) is 1. The first kappa shape index (κ1) is 16.9. The number of aromatic nitrogens is 6. The molecule has 0 saturated heterocycles. The summed E-state index contributed by atoms with van der Waals surface area (Å²) in [5, 5.41) is 22.0. The van der Waals surface area contributed by atoms with Crippen molar-refractivity contribution < 1.29 is 5.11 Å². The van der Waals surface area contributed by atoms with Crippen molar-refractivity contribution in [3.63, 3.8) is 0 Å². The van der Waals surface area contributed by atoms with E-state index < -0.39 is 6.10 Å². The maximum Gasteiger partial charge on any atom is 0.203 e. The van der Waals surface area contributed by atoms with E-state index in [1.807, 2.05) is 35.0 Å². The van der Waals surface area contributed by atoms with Gasteiger partial charge in [-0.3, -0.25) is 4.40 Å². The number of hydrogen-bond acceptors (Lipinski definition) is 6. The molecule has 1 aliphatic rings. The van der Waals surface area contributed by atoms with Crippen LogP contribution in [0.4, 0.5) is 5.82 Å². The maximum atomic E-state index is 10.6. The van der Waals surface area contributed by atoms with Crippen LogP contribution in [0.25, 0.3) is 17.0 Å². The zero-order chi connectivity index (χ0) is 18.9. The van der Waals surface area contributed by atoms with Gasteiger partial charge in [-0.1, -0.05) is 30.3 Å². The summed E-state index contributed by atoms with van der Waals surface area (Å²) in [4.78, 5) is 8.89. The van der Waals surface area contributed by atoms with E-state index in [9.17, 15) is 5.11 Å². The summed E-state index contributed by atoms with van der Waals surface area (Å²) in [6.07, 6.45) is 10.1. The molecule has 3 atom stereocenters. The van der Waals surface area contributed by atoms with Gasteiger partial charge in [0.2, 0.25) is 5.65 Å². The number of benzene rings is 1. The molecule has 1 fully saturated rings. The fraction of sp³-hybridized carbons (Fsp3) is 0.300. The van der Waals surface area contributed by atoms with Crippen LogP contribution < -0.4 is 5.32 Å². The second-order valence-electron chi connectivity index (χ2n) is 7.26. The molecule has 0 radical (unpaired) electrons. The number of rotatable bonds is 5. The average Bonchev–Trinajstić information content (AvgIpc) is 3.44. The lowest BCUT2D eigenvalue weighted by atomic mass is 10.1. The molecule has 1 aliphatic carbocycles. The summed E-state index contributed by atoms with van der Waals surface area (Å²) < 4.78 is 3.98. The molecule has 0 amide bonds. The SMILES string of the molecule is O[C@@H]1CC(Cn2ccnc2-c2ccccc2)C[C@H]1Nc1nccn2cnnc12. The third-order valence-corrected chi connectivity index (χ3v) is 5.37. The van der Waals surface area contributed by atoms with E-state index in [4.69, 9.17) is 0 Å². The van der Waals surface area contributed by atoms with E-state index in [-0.39, 0.29) is 6.04 Å². The van der Waals surface area contributed by atoms with Crippen LogP contribution in [0.1, 0.15) is 12.8 Å². The summed E-state index contributed by atoms with van der Waals surface area (Å²) >= 11 is 0. The van der Waals surface area contributed by atoms with E-state index >= 15 is 0 Å². The molecule has 1 unspecified atom stereocenters. The van der Waals surface area contributed by atoms with Gasteiger partial charge in [-0.05, 0) is 18.8 Å². The van der Waals surface area contributed by atoms with Crippen LogP contribution >= 0.6 is 0 Å². The van der Waals surface area contributed by atoms with Gasteiger partial charge in [0.15, 0.2) is 5.82 Å².